The predicted molar refractivity (Wildman–Crippen MR) is 112 cm³/mol. The van der Waals surface area contributed by atoms with Gasteiger partial charge in [0.15, 0.2) is 5.16 Å². The molecule has 146 valence electrons. The van der Waals surface area contributed by atoms with Crippen LogP contribution in [0.5, 0.6) is 0 Å². The number of aromatic nitrogens is 5. The molecule has 0 radical (unpaired) electrons. The topological polar surface area (TPSA) is 79.7 Å². The number of carbonyl (C=O) groups is 1. The van der Waals surface area contributed by atoms with Gasteiger partial charge in [0.25, 0.3) is 5.91 Å². The molecule has 4 aromatic rings. The number of aromatic amines is 1. The van der Waals surface area contributed by atoms with Gasteiger partial charge in [0.1, 0.15) is 6.33 Å². The van der Waals surface area contributed by atoms with E-state index >= 15 is 0 Å². The van der Waals surface area contributed by atoms with Crippen molar-refractivity contribution in [2.45, 2.75) is 17.5 Å². The maximum atomic E-state index is 13.1. The van der Waals surface area contributed by atoms with E-state index in [0.717, 1.165) is 22.0 Å². The van der Waals surface area contributed by atoms with Crippen molar-refractivity contribution >= 4 is 17.7 Å². The highest BCUT2D eigenvalue weighted by Gasteiger charge is 2.17. The first-order chi connectivity index (χ1) is 14.2. The summed E-state index contributed by atoms with van der Waals surface area (Å²) < 4.78 is 1.82. The summed E-state index contributed by atoms with van der Waals surface area (Å²) in [6.45, 7) is 0.481. The van der Waals surface area contributed by atoms with Gasteiger partial charge in [-0.25, -0.2) is 9.67 Å². The molecular formula is C21H20N6OS. The van der Waals surface area contributed by atoms with Crippen LogP contribution in [0.3, 0.4) is 0 Å². The zero-order chi connectivity index (χ0) is 20.1. The number of hydrogen-bond donors (Lipinski definition) is 1. The van der Waals surface area contributed by atoms with Crippen LogP contribution in [0.25, 0.3) is 5.69 Å². The summed E-state index contributed by atoms with van der Waals surface area (Å²) in [6, 6.07) is 17.6. The van der Waals surface area contributed by atoms with Gasteiger partial charge in [0.2, 0.25) is 0 Å². The van der Waals surface area contributed by atoms with Crippen molar-refractivity contribution in [3.8, 4) is 5.69 Å². The van der Waals surface area contributed by atoms with Crippen LogP contribution in [-0.2, 0) is 12.3 Å². The van der Waals surface area contributed by atoms with Crippen LogP contribution < -0.4 is 0 Å². The van der Waals surface area contributed by atoms with Crippen LogP contribution in [-0.4, -0.2) is 42.8 Å². The summed E-state index contributed by atoms with van der Waals surface area (Å²) in [6.07, 6.45) is 5.22. The zero-order valence-electron chi connectivity index (χ0n) is 15.9. The van der Waals surface area contributed by atoms with Crippen LogP contribution in [0, 0.1) is 0 Å². The minimum Gasteiger partial charge on any atom is -0.337 e. The van der Waals surface area contributed by atoms with Crippen LogP contribution in [0.15, 0.2) is 78.5 Å². The molecule has 0 atom stereocenters. The Kier molecular flexibility index (Phi) is 5.71. The van der Waals surface area contributed by atoms with Crippen molar-refractivity contribution in [1.29, 1.82) is 0 Å². The number of benzene rings is 2. The first-order valence-corrected chi connectivity index (χ1v) is 10.1. The summed E-state index contributed by atoms with van der Waals surface area (Å²) in [5, 5.41) is 11.8. The zero-order valence-corrected chi connectivity index (χ0v) is 16.7. The predicted octanol–water partition coefficient (Wildman–Crippen LogP) is 3.55. The van der Waals surface area contributed by atoms with Gasteiger partial charge in [0.05, 0.1) is 11.9 Å². The molecule has 0 saturated heterocycles. The van der Waals surface area contributed by atoms with Crippen molar-refractivity contribution in [3.05, 3.63) is 90.0 Å². The van der Waals surface area contributed by atoms with Gasteiger partial charge in [-0.1, -0.05) is 48.2 Å². The molecule has 2 heterocycles. The van der Waals surface area contributed by atoms with E-state index in [1.807, 2.05) is 72.5 Å². The Bertz CT molecular complexity index is 1080. The van der Waals surface area contributed by atoms with Crippen LogP contribution in [0.4, 0.5) is 0 Å². The lowest BCUT2D eigenvalue weighted by molar-refractivity contribution is 0.0784. The number of thioether (sulfide) groups is 1. The Morgan fingerprint density at radius 1 is 1.14 bits per heavy atom. The molecule has 29 heavy (non-hydrogen) atoms. The molecule has 4 rings (SSSR count). The van der Waals surface area contributed by atoms with Gasteiger partial charge in [-0.05, 0) is 23.8 Å². The minimum atomic E-state index is -0.0220. The normalized spacial score (nSPS) is 10.8. The molecular weight excluding hydrogens is 384 g/mol. The van der Waals surface area contributed by atoms with Gasteiger partial charge in [0, 0.05) is 36.7 Å². The largest absolute Gasteiger partial charge is 0.337 e. The molecule has 0 aliphatic heterocycles. The highest BCUT2D eigenvalue weighted by molar-refractivity contribution is 7.98. The van der Waals surface area contributed by atoms with Crippen LogP contribution >= 0.6 is 11.8 Å². The number of hydrogen-bond acceptors (Lipinski definition) is 5. The third-order valence-corrected chi connectivity index (χ3v) is 5.35. The fraction of sp³-hybridized carbons (Fsp3) is 0.143. The summed E-state index contributed by atoms with van der Waals surface area (Å²) >= 11 is 1.52. The van der Waals surface area contributed by atoms with Gasteiger partial charge in [-0.15, -0.1) is 0 Å². The van der Waals surface area contributed by atoms with Gasteiger partial charge < -0.3 is 4.90 Å². The lowest BCUT2D eigenvalue weighted by Gasteiger charge is -2.18. The Morgan fingerprint density at radius 3 is 2.72 bits per heavy atom. The lowest BCUT2D eigenvalue weighted by atomic mass is 10.1. The Labute approximate surface area is 172 Å². The van der Waals surface area contributed by atoms with Crippen LogP contribution in [0.1, 0.15) is 21.5 Å². The highest BCUT2D eigenvalue weighted by atomic mass is 32.2. The molecule has 2 aromatic heterocycles. The fourth-order valence-corrected chi connectivity index (χ4v) is 3.76. The number of nitrogens with zero attached hydrogens (tertiary/aromatic N) is 5. The quantitative estimate of drug-likeness (QED) is 0.477. The summed E-state index contributed by atoms with van der Waals surface area (Å²) in [5.74, 6) is 0.614. The van der Waals surface area contributed by atoms with E-state index in [1.54, 1.807) is 11.1 Å². The minimum absolute atomic E-state index is 0.0220. The third-order valence-electron chi connectivity index (χ3n) is 4.43. The highest BCUT2D eigenvalue weighted by Crippen LogP contribution is 2.22. The first kappa shape index (κ1) is 18.9. The van der Waals surface area contributed by atoms with E-state index in [-0.39, 0.29) is 5.91 Å². The maximum absolute atomic E-state index is 13.1. The van der Waals surface area contributed by atoms with E-state index in [2.05, 4.69) is 20.3 Å². The number of rotatable bonds is 7. The van der Waals surface area contributed by atoms with Crippen molar-refractivity contribution < 1.29 is 4.79 Å². The second-order valence-corrected chi connectivity index (χ2v) is 7.49. The molecule has 1 N–H and O–H groups in total. The summed E-state index contributed by atoms with van der Waals surface area (Å²) in [4.78, 5) is 18.9. The van der Waals surface area contributed by atoms with E-state index in [4.69, 9.17) is 0 Å². The Hall–Kier alpha value is -3.39. The molecule has 0 aliphatic rings. The molecule has 0 unspecified atom stereocenters. The molecule has 2 aromatic carbocycles. The molecule has 0 aliphatic carbocycles. The van der Waals surface area contributed by atoms with Gasteiger partial charge in [-0.3, -0.25) is 9.89 Å². The third kappa shape index (κ3) is 4.55. The maximum Gasteiger partial charge on any atom is 0.254 e. The Morgan fingerprint density at radius 2 is 1.93 bits per heavy atom. The van der Waals surface area contributed by atoms with E-state index in [1.165, 1.54) is 18.1 Å². The molecule has 8 heteroatoms. The number of nitrogens with one attached hydrogen (secondary N) is 1. The molecule has 0 bridgehead atoms. The van der Waals surface area contributed by atoms with Gasteiger partial charge >= 0.3 is 0 Å². The molecule has 7 nitrogen and oxygen atoms in total. The van der Waals surface area contributed by atoms with Crippen LogP contribution in [0.2, 0.25) is 0 Å². The SMILES string of the molecule is CN(Cc1cnn(-c2ccccc2)c1)C(=O)c1ccccc1CSc1ncn[nH]1. The van der Waals surface area contributed by atoms with Crippen molar-refractivity contribution in [2.24, 2.45) is 0 Å². The van der Waals surface area contributed by atoms with E-state index < -0.39 is 0 Å². The average molecular weight is 404 g/mol. The lowest BCUT2D eigenvalue weighted by Crippen LogP contribution is -2.27. The van der Waals surface area contributed by atoms with E-state index in [9.17, 15) is 4.79 Å². The number of carbonyl (C=O) groups excluding carboxylic acids is 1. The fourth-order valence-electron chi connectivity index (χ4n) is 2.98. The summed E-state index contributed by atoms with van der Waals surface area (Å²) in [7, 11) is 1.81. The standard InChI is InChI=1S/C21H20N6OS/c1-26(12-16-11-24-27(13-16)18-8-3-2-4-9-18)20(28)19-10-6-5-7-17(19)14-29-21-22-15-23-25-21/h2-11,13,15H,12,14H2,1H3,(H,22,23,25). The van der Waals surface area contributed by atoms with Crippen molar-refractivity contribution in [2.75, 3.05) is 7.05 Å². The summed E-state index contributed by atoms with van der Waals surface area (Å²) in [5.41, 5.74) is 3.61. The molecule has 0 fully saturated rings. The number of para-hydroxylation sites is 1. The second-order valence-electron chi connectivity index (χ2n) is 6.53. The smallest absolute Gasteiger partial charge is 0.254 e. The van der Waals surface area contributed by atoms with Crippen molar-refractivity contribution in [3.63, 3.8) is 0 Å². The molecule has 0 spiro atoms. The van der Waals surface area contributed by atoms with E-state index in [0.29, 0.717) is 17.9 Å². The number of amides is 1. The average Bonchev–Trinajstić information content (AvgIpc) is 3.45. The monoisotopic (exact) mass is 404 g/mol. The second kappa shape index (κ2) is 8.74. The number of H-pyrrole nitrogens is 1. The first-order valence-electron chi connectivity index (χ1n) is 9.11. The molecule has 0 saturated carbocycles. The van der Waals surface area contributed by atoms with Crippen molar-refractivity contribution in [1.82, 2.24) is 29.9 Å². The Balaban J connectivity index is 1.45. The molecule has 1 amide bonds. The van der Waals surface area contributed by atoms with Gasteiger partial charge in [-0.2, -0.15) is 10.2 Å².